The van der Waals surface area contributed by atoms with E-state index >= 15 is 0 Å². The van der Waals surface area contributed by atoms with Gasteiger partial charge in [0.15, 0.2) is 19.7 Å². The average Bonchev–Trinajstić information content (AvgIpc) is 2.53. The number of hydrogen-bond donors (Lipinski definition) is 0. The summed E-state index contributed by atoms with van der Waals surface area (Å²) in [5.74, 6) is -1.90. The zero-order valence-corrected chi connectivity index (χ0v) is 16.0. The van der Waals surface area contributed by atoms with Crippen LogP contribution in [0.3, 0.4) is 0 Å². The van der Waals surface area contributed by atoms with Crippen molar-refractivity contribution in [2.75, 3.05) is 11.5 Å². The molecule has 0 atom stereocenters. The van der Waals surface area contributed by atoms with Crippen LogP contribution in [0.15, 0.2) is 58.3 Å². The molecule has 0 saturated carbocycles. The SMILES string of the molecule is O=C(CCS(=O)(=O)c1ccc(Cl)cc1)CS(=O)(=O)c1ccc(Cl)cc1. The molecule has 5 nitrogen and oxygen atoms in total. The molecule has 0 aliphatic rings. The van der Waals surface area contributed by atoms with Gasteiger partial charge in [-0.1, -0.05) is 23.2 Å². The number of Topliss-reactive ketones (excluding diaryl/α,β-unsaturated/α-hetero) is 1. The summed E-state index contributed by atoms with van der Waals surface area (Å²) in [5.41, 5.74) is 0. The first-order chi connectivity index (χ1) is 11.6. The molecule has 0 fully saturated rings. The molecule has 0 bridgehead atoms. The molecular weight excluding hydrogens is 407 g/mol. The predicted octanol–water partition coefficient (Wildman–Crippen LogP) is 3.20. The standard InChI is InChI=1S/C16H14Cl2O5S2/c17-12-1-5-15(6-2-12)24(20,21)10-9-14(19)11-25(22,23)16-7-3-13(18)4-8-16/h1-8H,9-11H2. The highest BCUT2D eigenvalue weighted by atomic mass is 35.5. The maximum absolute atomic E-state index is 12.2. The number of carbonyl (C=O) groups is 1. The molecule has 0 saturated heterocycles. The van der Waals surface area contributed by atoms with E-state index in [9.17, 15) is 21.6 Å². The smallest absolute Gasteiger partial charge is 0.185 e. The molecule has 2 aromatic rings. The minimum atomic E-state index is -3.83. The van der Waals surface area contributed by atoms with Crippen molar-refractivity contribution in [2.24, 2.45) is 0 Å². The Balaban J connectivity index is 2.02. The zero-order valence-electron chi connectivity index (χ0n) is 12.9. The third-order valence-electron chi connectivity index (χ3n) is 3.35. The van der Waals surface area contributed by atoms with Gasteiger partial charge in [-0.2, -0.15) is 0 Å². The fourth-order valence-corrected chi connectivity index (χ4v) is 4.84. The number of ketones is 1. The normalized spacial score (nSPS) is 12.1. The summed E-state index contributed by atoms with van der Waals surface area (Å²) >= 11 is 11.4. The first kappa shape index (κ1) is 19.9. The van der Waals surface area contributed by atoms with E-state index in [0.29, 0.717) is 10.0 Å². The summed E-state index contributed by atoms with van der Waals surface area (Å²) in [6.07, 6.45) is -0.391. The van der Waals surface area contributed by atoms with Crippen LogP contribution in [0.1, 0.15) is 6.42 Å². The Labute approximate surface area is 156 Å². The molecule has 0 aromatic heterocycles. The highest BCUT2D eigenvalue weighted by Gasteiger charge is 2.22. The van der Waals surface area contributed by atoms with E-state index in [1.807, 2.05) is 0 Å². The molecule has 0 heterocycles. The van der Waals surface area contributed by atoms with Crippen LogP contribution >= 0.6 is 23.2 Å². The topological polar surface area (TPSA) is 85.3 Å². The Morgan fingerprint density at radius 2 is 1.12 bits per heavy atom. The summed E-state index contributed by atoms with van der Waals surface area (Å²) in [7, 11) is -7.52. The van der Waals surface area contributed by atoms with Gasteiger partial charge in [0.1, 0.15) is 11.5 Å². The molecule has 0 N–H and O–H groups in total. The first-order valence-electron chi connectivity index (χ1n) is 7.08. The minimum Gasteiger partial charge on any atom is -0.299 e. The number of benzene rings is 2. The monoisotopic (exact) mass is 420 g/mol. The van der Waals surface area contributed by atoms with Crippen molar-refractivity contribution in [3.05, 3.63) is 58.6 Å². The van der Waals surface area contributed by atoms with Gasteiger partial charge in [-0.15, -0.1) is 0 Å². The second-order valence-electron chi connectivity index (χ2n) is 5.27. The summed E-state index contributed by atoms with van der Waals surface area (Å²) in [4.78, 5) is 11.9. The summed E-state index contributed by atoms with van der Waals surface area (Å²) in [6, 6.07) is 11.0. The Hall–Kier alpha value is -1.41. The molecule has 0 spiro atoms. The molecule has 0 radical (unpaired) electrons. The van der Waals surface area contributed by atoms with Crippen molar-refractivity contribution in [1.82, 2.24) is 0 Å². The molecule has 0 aliphatic carbocycles. The second kappa shape index (κ2) is 7.86. The van der Waals surface area contributed by atoms with Gasteiger partial charge in [-0.3, -0.25) is 4.79 Å². The van der Waals surface area contributed by atoms with Crippen LogP contribution in [-0.4, -0.2) is 34.1 Å². The summed E-state index contributed by atoms with van der Waals surface area (Å²) in [5, 5.41) is 0.767. The number of halogens is 2. The van der Waals surface area contributed by atoms with Crippen molar-refractivity contribution < 1.29 is 21.6 Å². The fraction of sp³-hybridized carbons (Fsp3) is 0.188. The lowest BCUT2D eigenvalue weighted by atomic mass is 10.3. The molecule has 25 heavy (non-hydrogen) atoms. The fourth-order valence-electron chi connectivity index (χ4n) is 2.02. The highest BCUT2D eigenvalue weighted by molar-refractivity contribution is 7.92. The number of sulfone groups is 2. The van der Waals surface area contributed by atoms with Crippen LogP contribution in [-0.2, 0) is 24.5 Å². The molecule has 0 unspecified atom stereocenters. The lowest BCUT2D eigenvalue weighted by molar-refractivity contribution is -0.116. The summed E-state index contributed by atoms with van der Waals surface area (Å²) < 4.78 is 48.6. The Bertz CT molecular complexity index is 964. The van der Waals surface area contributed by atoms with E-state index in [-0.39, 0.29) is 9.79 Å². The molecule has 2 aromatic carbocycles. The quantitative estimate of drug-likeness (QED) is 0.686. The van der Waals surface area contributed by atoms with Gasteiger partial charge >= 0.3 is 0 Å². The van der Waals surface area contributed by atoms with E-state index in [1.165, 1.54) is 48.5 Å². The van der Waals surface area contributed by atoms with Crippen LogP contribution in [0.5, 0.6) is 0 Å². The van der Waals surface area contributed by atoms with Crippen LogP contribution in [0.25, 0.3) is 0 Å². The van der Waals surface area contributed by atoms with E-state index in [0.717, 1.165) is 0 Å². The lowest BCUT2D eigenvalue weighted by Gasteiger charge is -2.06. The zero-order chi connectivity index (χ0) is 18.7. The predicted molar refractivity (Wildman–Crippen MR) is 96.6 cm³/mol. The van der Waals surface area contributed by atoms with Gasteiger partial charge in [0, 0.05) is 16.5 Å². The van der Waals surface area contributed by atoms with E-state index in [2.05, 4.69) is 0 Å². The van der Waals surface area contributed by atoms with Gasteiger partial charge in [0.05, 0.1) is 15.5 Å². The molecule has 9 heteroatoms. The third kappa shape index (κ3) is 5.54. The largest absolute Gasteiger partial charge is 0.299 e. The van der Waals surface area contributed by atoms with Gasteiger partial charge in [0.25, 0.3) is 0 Å². The third-order valence-corrected chi connectivity index (χ3v) is 7.27. The van der Waals surface area contributed by atoms with Crippen molar-refractivity contribution in [3.8, 4) is 0 Å². The van der Waals surface area contributed by atoms with Crippen molar-refractivity contribution in [2.45, 2.75) is 16.2 Å². The second-order valence-corrected chi connectivity index (χ2v) is 10.2. The van der Waals surface area contributed by atoms with Gasteiger partial charge in [0.2, 0.25) is 0 Å². The van der Waals surface area contributed by atoms with E-state index < -0.39 is 43.4 Å². The molecule has 0 amide bonds. The first-order valence-corrected chi connectivity index (χ1v) is 11.1. The molecule has 134 valence electrons. The maximum atomic E-state index is 12.2. The van der Waals surface area contributed by atoms with Crippen LogP contribution < -0.4 is 0 Å². The minimum absolute atomic E-state index is 0.0326. The van der Waals surface area contributed by atoms with E-state index in [1.54, 1.807) is 0 Å². The summed E-state index contributed by atoms with van der Waals surface area (Å²) in [6.45, 7) is 0. The van der Waals surface area contributed by atoms with Gasteiger partial charge in [-0.05, 0) is 48.5 Å². The van der Waals surface area contributed by atoms with E-state index in [4.69, 9.17) is 23.2 Å². The number of carbonyl (C=O) groups excluding carboxylic acids is 1. The molecular formula is C16H14Cl2O5S2. The van der Waals surface area contributed by atoms with Crippen molar-refractivity contribution in [3.63, 3.8) is 0 Å². The Morgan fingerprint density at radius 1 is 0.720 bits per heavy atom. The van der Waals surface area contributed by atoms with Crippen LogP contribution in [0, 0.1) is 0 Å². The lowest BCUT2D eigenvalue weighted by Crippen LogP contribution is -2.19. The van der Waals surface area contributed by atoms with Crippen molar-refractivity contribution in [1.29, 1.82) is 0 Å². The van der Waals surface area contributed by atoms with Gasteiger partial charge in [-0.25, -0.2) is 16.8 Å². The Kier molecular flexibility index (Phi) is 6.26. The van der Waals surface area contributed by atoms with Crippen LogP contribution in [0.4, 0.5) is 0 Å². The maximum Gasteiger partial charge on any atom is 0.185 e. The average molecular weight is 421 g/mol. The number of hydrogen-bond acceptors (Lipinski definition) is 5. The van der Waals surface area contributed by atoms with Gasteiger partial charge < -0.3 is 0 Å². The molecule has 0 aliphatic heterocycles. The van der Waals surface area contributed by atoms with Crippen molar-refractivity contribution >= 4 is 48.7 Å². The highest BCUT2D eigenvalue weighted by Crippen LogP contribution is 2.18. The number of rotatable bonds is 7. The Morgan fingerprint density at radius 3 is 1.56 bits per heavy atom. The molecule has 2 rings (SSSR count). The van der Waals surface area contributed by atoms with Crippen LogP contribution in [0.2, 0.25) is 10.0 Å².